The number of benzene rings is 1. The highest BCUT2D eigenvalue weighted by molar-refractivity contribution is 5.93. The molecule has 0 spiro atoms. The first-order valence-corrected chi connectivity index (χ1v) is 20.3. The minimum atomic E-state index is -2.27. The van der Waals surface area contributed by atoms with Crippen LogP contribution in [0.2, 0.25) is 0 Å². The van der Waals surface area contributed by atoms with Crippen molar-refractivity contribution in [3.8, 4) is 5.75 Å². The minimum absolute atomic E-state index is 0.00582. The maximum absolute atomic E-state index is 14.1. The minimum Gasteiger partial charge on any atom is -0.494 e. The molecule has 1 amide bonds. The van der Waals surface area contributed by atoms with Crippen LogP contribution in [-0.4, -0.2) is 86.6 Å². The Morgan fingerprint density at radius 2 is 1.48 bits per heavy atom. The quantitative estimate of drug-likeness (QED) is 0.0494. The summed E-state index contributed by atoms with van der Waals surface area (Å²) >= 11 is 0. The van der Waals surface area contributed by atoms with E-state index in [-0.39, 0.29) is 19.4 Å². The summed E-state index contributed by atoms with van der Waals surface area (Å²) in [5.74, 6) is -3.42. The SMILES string of the molecule is CCCCCCCC1(CCCCCCC=C[C@H](C(=O)NC(Cc2ccc(OCCCC)cc2)C(=O)OC)[C@@](O)(CCOC)C(=O)OC(C)(C)C)OCCO1. The molecule has 0 radical (unpaired) electrons. The average molecular weight is 762 g/mol. The molecule has 308 valence electrons. The van der Waals surface area contributed by atoms with Crippen LogP contribution in [0.25, 0.3) is 0 Å². The van der Waals surface area contributed by atoms with Crippen molar-refractivity contribution in [3.05, 3.63) is 42.0 Å². The van der Waals surface area contributed by atoms with E-state index in [1.807, 2.05) is 30.3 Å². The standard InChI is InChI=1S/C43H71NO10/c1-8-10-12-16-19-26-42(52-31-32-53-42)27-20-17-14-13-15-18-21-36(43(48,28-30-49-6)40(47)54-41(3,4)5)38(45)44-37(39(46)50-7)33-34-22-24-35(25-23-34)51-29-11-9-2/h18,21-25,36-37,48H,8-17,19-20,26-33H2,1-7H3,(H,44,45)/t36-,37?,43+/m1/s1. The third-order valence-electron chi connectivity index (χ3n) is 9.65. The number of hydrogen-bond acceptors (Lipinski definition) is 10. The molecule has 11 nitrogen and oxygen atoms in total. The lowest BCUT2D eigenvalue weighted by Gasteiger charge is -2.35. The molecular formula is C43H71NO10. The second kappa shape index (κ2) is 25.2. The zero-order valence-electron chi connectivity index (χ0n) is 34.4. The molecule has 0 aromatic heterocycles. The predicted molar refractivity (Wildman–Crippen MR) is 210 cm³/mol. The van der Waals surface area contributed by atoms with Gasteiger partial charge in [0, 0.05) is 39.4 Å². The Kier molecular flexibility index (Phi) is 22.0. The summed E-state index contributed by atoms with van der Waals surface area (Å²) in [5, 5.41) is 14.8. The highest BCUT2D eigenvalue weighted by Gasteiger charge is 2.49. The maximum atomic E-state index is 14.1. The van der Waals surface area contributed by atoms with Gasteiger partial charge in [-0.15, -0.1) is 0 Å². The molecule has 1 aliphatic heterocycles. The van der Waals surface area contributed by atoms with Crippen LogP contribution in [0.4, 0.5) is 0 Å². The van der Waals surface area contributed by atoms with Crippen LogP contribution in [0.3, 0.4) is 0 Å². The molecule has 11 heteroatoms. The number of hydrogen-bond donors (Lipinski definition) is 2. The van der Waals surface area contributed by atoms with Gasteiger partial charge in [-0.25, -0.2) is 9.59 Å². The van der Waals surface area contributed by atoms with Crippen molar-refractivity contribution in [3.63, 3.8) is 0 Å². The number of nitrogens with one attached hydrogen (secondary N) is 1. The number of methoxy groups -OCH3 is 2. The smallest absolute Gasteiger partial charge is 0.339 e. The van der Waals surface area contributed by atoms with Crippen molar-refractivity contribution >= 4 is 17.8 Å². The van der Waals surface area contributed by atoms with Crippen molar-refractivity contribution in [1.29, 1.82) is 0 Å². The Morgan fingerprint density at radius 3 is 2.06 bits per heavy atom. The van der Waals surface area contributed by atoms with E-state index in [1.165, 1.54) is 39.9 Å². The predicted octanol–water partition coefficient (Wildman–Crippen LogP) is 7.79. The van der Waals surface area contributed by atoms with E-state index >= 15 is 0 Å². The van der Waals surface area contributed by atoms with Gasteiger partial charge in [0.1, 0.15) is 17.4 Å². The number of rotatable bonds is 28. The van der Waals surface area contributed by atoms with Crippen molar-refractivity contribution in [2.45, 2.75) is 160 Å². The number of unbranched alkanes of at least 4 members (excludes halogenated alkanes) is 9. The lowest BCUT2D eigenvalue weighted by atomic mass is 9.82. The third-order valence-corrected chi connectivity index (χ3v) is 9.65. The fourth-order valence-corrected chi connectivity index (χ4v) is 6.51. The molecule has 2 N–H and O–H groups in total. The summed E-state index contributed by atoms with van der Waals surface area (Å²) in [4.78, 5) is 40.7. The third kappa shape index (κ3) is 17.2. The Morgan fingerprint density at radius 1 is 0.870 bits per heavy atom. The molecule has 0 saturated carbocycles. The molecule has 0 aliphatic carbocycles. The monoisotopic (exact) mass is 762 g/mol. The van der Waals surface area contributed by atoms with E-state index in [1.54, 1.807) is 26.8 Å². The van der Waals surface area contributed by atoms with Gasteiger partial charge in [-0.1, -0.05) is 83.1 Å². The van der Waals surface area contributed by atoms with Crippen molar-refractivity contribution in [1.82, 2.24) is 5.32 Å². The van der Waals surface area contributed by atoms with Gasteiger partial charge in [0.15, 0.2) is 11.4 Å². The number of esters is 2. The van der Waals surface area contributed by atoms with Crippen molar-refractivity contribution < 1.29 is 47.9 Å². The fourth-order valence-electron chi connectivity index (χ4n) is 6.51. The van der Waals surface area contributed by atoms with Crippen molar-refractivity contribution in [2.75, 3.05) is 40.6 Å². The van der Waals surface area contributed by atoms with Gasteiger partial charge in [0.2, 0.25) is 5.91 Å². The summed E-state index contributed by atoms with van der Waals surface area (Å²) in [6, 6.07) is 6.23. The second-order valence-corrected chi connectivity index (χ2v) is 15.4. The molecule has 0 bridgehead atoms. The molecule has 1 fully saturated rings. The zero-order chi connectivity index (χ0) is 39.9. The molecule has 1 aliphatic rings. The summed E-state index contributed by atoms with van der Waals surface area (Å²) in [7, 11) is 2.70. The molecule has 3 atom stereocenters. The first-order chi connectivity index (χ1) is 25.8. The molecule has 1 aromatic carbocycles. The Hall–Kier alpha value is -2.99. The van der Waals surface area contributed by atoms with E-state index in [4.69, 9.17) is 28.4 Å². The molecule has 1 saturated heterocycles. The van der Waals surface area contributed by atoms with Gasteiger partial charge in [-0.3, -0.25) is 4.79 Å². The van der Waals surface area contributed by atoms with E-state index in [0.29, 0.717) is 32.0 Å². The largest absolute Gasteiger partial charge is 0.494 e. The van der Waals surface area contributed by atoms with E-state index < -0.39 is 46.8 Å². The Bertz CT molecular complexity index is 1240. The zero-order valence-corrected chi connectivity index (χ0v) is 34.4. The lowest BCUT2D eigenvalue weighted by molar-refractivity contribution is -0.185. The molecule has 1 unspecified atom stereocenters. The lowest BCUT2D eigenvalue weighted by Crippen LogP contribution is -2.56. The fraction of sp³-hybridized carbons (Fsp3) is 0.744. The summed E-state index contributed by atoms with van der Waals surface area (Å²) in [6.45, 7) is 11.3. The number of amides is 1. The molecule has 1 heterocycles. The first-order valence-electron chi connectivity index (χ1n) is 20.3. The van der Waals surface area contributed by atoms with Crippen LogP contribution in [-0.2, 0) is 44.5 Å². The second-order valence-electron chi connectivity index (χ2n) is 15.4. The normalized spacial score (nSPS) is 16.4. The van der Waals surface area contributed by atoms with Crippen LogP contribution >= 0.6 is 0 Å². The topological polar surface area (TPSA) is 139 Å². The molecule has 54 heavy (non-hydrogen) atoms. The maximum Gasteiger partial charge on any atom is 0.339 e. The van der Waals surface area contributed by atoms with Crippen LogP contribution in [0.1, 0.15) is 136 Å². The van der Waals surface area contributed by atoms with Gasteiger partial charge in [-0.2, -0.15) is 0 Å². The van der Waals surface area contributed by atoms with Gasteiger partial charge >= 0.3 is 11.9 Å². The summed E-state index contributed by atoms with van der Waals surface area (Å²) in [6.07, 6.45) is 17.6. The van der Waals surface area contributed by atoms with E-state index in [0.717, 1.165) is 63.4 Å². The van der Waals surface area contributed by atoms with Gasteiger partial charge in [0.05, 0.1) is 32.8 Å². The number of ether oxygens (including phenoxy) is 6. The highest BCUT2D eigenvalue weighted by atomic mass is 16.7. The van der Waals surface area contributed by atoms with E-state index in [2.05, 4.69) is 19.2 Å². The Labute approximate surface area is 325 Å². The van der Waals surface area contributed by atoms with Crippen LogP contribution < -0.4 is 10.1 Å². The first kappa shape index (κ1) is 47.2. The number of aliphatic hydroxyl groups is 1. The van der Waals surface area contributed by atoms with E-state index in [9.17, 15) is 19.5 Å². The number of carbonyl (C=O) groups is 3. The number of allylic oxidation sites excluding steroid dienone is 1. The number of carbonyl (C=O) groups excluding carboxylic acids is 3. The molecular weight excluding hydrogens is 690 g/mol. The van der Waals surface area contributed by atoms with Gasteiger partial charge in [0.25, 0.3) is 0 Å². The van der Waals surface area contributed by atoms with Crippen molar-refractivity contribution in [2.24, 2.45) is 5.92 Å². The van der Waals surface area contributed by atoms with Gasteiger partial charge < -0.3 is 38.8 Å². The summed E-state index contributed by atoms with van der Waals surface area (Å²) in [5.41, 5.74) is -2.42. The highest BCUT2D eigenvalue weighted by Crippen LogP contribution is 2.32. The van der Waals surface area contributed by atoms with Crippen LogP contribution in [0, 0.1) is 5.92 Å². The molecule has 2 rings (SSSR count). The van der Waals surface area contributed by atoms with Crippen LogP contribution in [0.5, 0.6) is 5.75 Å². The average Bonchev–Trinajstić information content (AvgIpc) is 3.61. The van der Waals surface area contributed by atoms with Gasteiger partial charge in [-0.05, 0) is 70.6 Å². The molecule has 1 aromatic rings. The van der Waals surface area contributed by atoms with Crippen LogP contribution in [0.15, 0.2) is 36.4 Å². The Balaban J connectivity index is 2.15. The summed E-state index contributed by atoms with van der Waals surface area (Å²) < 4.78 is 33.8.